The van der Waals surface area contributed by atoms with Crippen molar-refractivity contribution >= 4 is 29.8 Å². The maximum atomic E-state index is 13.5. The highest BCUT2D eigenvalue weighted by Gasteiger charge is 2.50. The summed E-state index contributed by atoms with van der Waals surface area (Å²) in [5, 5.41) is 38.0. The van der Waals surface area contributed by atoms with Gasteiger partial charge < -0.3 is 34.6 Å². The fourth-order valence-electron chi connectivity index (χ4n) is 6.47. The van der Waals surface area contributed by atoms with Crippen LogP contribution in [0.4, 0.5) is 0 Å². The number of aryl methyl sites for hydroxylation is 4. The lowest BCUT2D eigenvalue weighted by Crippen LogP contribution is -2.31. The zero-order valence-electron chi connectivity index (χ0n) is 28.1. The first kappa shape index (κ1) is 34.9. The molecule has 4 N–H and O–H groups in total. The molecule has 0 saturated heterocycles. The lowest BCUT2D eigenvalue weighted by molar-refractivity contribution is 0.0247. The number of carboxylic acids is 4. The van der Waals surface area contributed by atoms with Crippen molar-refractivity contribution in [3.63, 3.8) is 0 Å². The van der Waals surface area contributed by atoms with Gasteiger partial charge in [-0.3, -0.25) is 0 Å². The van der Waals surface area contributed by atoms with Crippen molar-refractivity contribution in [2.75, 3.05) is 0 Å². The first-order valence-electron chi connectivity index (χ1n) is 15.8. The molecule has 52 heavy (non-hydrogen) atoms. The van der Waals surface area contributed by atoms with Crippen molar-refractivity contribution in [1.82, 2.24) is 0 Å². The molecule has 1 aliphatic heterocycles. The van der Waals surface area contributed by atoms with Crippen molar-refractivity contribution in [3.05, 3.63) is 152 Å². The average Bonchev–Trinajstić information content (AvgIpc) is 3.39. The summed E-state index contributed by atoms with van der Waals surface area (Å²) >= 11 is 0. The summed E-state index contributed by atoms with van der Waals surface area (Å²) in [6.07, 6.45) is 0. The largest absolute Gasteiger partial charge is 0.478 e. The van der Waals surface area contributed by atoms with E-state index < -0.39 is 46.6 Å². The lowest BCUT2D eigenvalue weighted by Gasteiger charge is -2.34. The second kappa shape index (κ2) is 13.1. The number of benzene rings is 5. The predicted octanol–water partition coefficient (Wildman–Crippen LogP) is 7.76. The van der Waals surface area contributed by atoms with Crippen LogP contribution in [0.1, 0.15) is 90.7 Å². The van der Waals surface area contributed by atoms with E-state index in [-0.39, 0.29) is 22.6 Å². The third-order valence-corrected chi connectivity index (χ3v) is 8.93. The predicted molar refractivity (Wildman–Crippen MR) is 184 cm³/mol. The summed E-state index contributed by atoms with van der Waals surface area (Å²) in [5.41, 5.74) is 1.67. The Morgan fingerprint density at radius 2 is 0.942 bits per heavy atom. The van der Waals surface area contributed by atoms with Gasteiger partial charge in [0.2, 0.25) is 0 Å². The number of hydrogen-bond acceptors (Lipinski definition) is 8. The molecule has 262 valence electrons. The molecule has 0 spiro atoms. The fourth-order valence-corrected chi connectivity index (χ4v) is 6.47. The van der Waals surface area contributed by atoms with E-state index in [0.717, 1.165) is 24.3 Å². The molecule has 1 aliphatic rings. The Bertz CT molecular complexity index is 2240. The second-order valence-electron chi connectivity index (χ2n) is 12.3. The number of aromatic carboxylic acids is 4. The van der Waals surface area contributed by atoms with Gasteiger partial charge in [0.05, 0.1) is 27.8 Å². The van der Waals surface area contributed by atoms with Gasteiger partial charge in [0.25, 0.3) is 0 Å². The van der Waals surface area contributed by atoms with Gasteiger partial charge in [0.15, 0.2) is 5.60 Å². The number of ether oxygens (including phenoxy) is 3. The molecular weight excluding hydrogens is 672 g/mol. The van der Waals surface area contributed by atoms with Crippen molar-refractivity contribution in [2.45, 2.75) is 33.3 Å². The van der Waals surface area contributed by atoms with Crippen molar-refractivity contribution in [3.8, 4) is 23.0 Å². The van der Waals surface area contributed by atoms with Crippen LogP contribution < -0.4 is 9.47 Å². The zero-order chi connectivity index (χ0) is 37.6. The Morgan fingerprint density at radius 1 is 0.519 bits per heavy atom. The molecule has 12 nitrogen and oxygen atoms in total. The Hall–Kier alpha value is -6.95. The first-order chi connectivity index (χ1) is 24.6. The fraction of sp³-hybridized carbons (Fsp3) is 0.125. The molecule has 12 heteroatoms. The van der Waals surface area contributed by atoms with Crippen LogP contribution in [-0.2, 0) is 10.3 Å². The van der Waals surface area contributed by atoms with Crippen LogP contribution in [-0.4, -0.2) is 50.3 Å². The molecule has 0 aromatic heterocycles. The highest BCUT2D eigenvalue weighted by atomic mass is 16.6. The van der Waals surface area contributed by atoms with Crippen molar-refractivity contribution in [2.24, 2.45) is 0 Å². The van der Waals surface area contributed by atoms with Gasteiger partial charge in [-0.1, -0.05) is 18.2 Å². The molecule has 0 bridgehead atoms. The summed E-state index contributed by atoms with van der Waals surface area (Å²) in [4.78, 5) is 60.1. The number of cyclic esters (lactones) is 1. The minimum Gasteiger partial charge on any atom is -0.478 e. The highest BCUT2D eigenvalue weighted by Crippen LogP contribution is 2.51. The minimum absolute atomic E-state index is 0.111. The smallest absolute Gasteiger partial charge is 0.340 e. The molecule has 5 aromatic carbocycles. The van der Waals surface area contributed by atoms with Gasteiger partial charge in [-0.05, 0) is 117 Å². The molecule has 0 aliphatic carbocycles. The van der Waals surface area contributed by atoms with Crippen LogP contribution in [0, 0.1) is 27.7 Å². The lowest BCUT2D eigenvalue weighted by atomic mass is 9.75. The highest BCUT2D eigenvalue weighted by molar-refractivity contribution is 6.03. The Morgan fingerprint density at radius 3 is 1.37 bits per heavy atom. The van der Waals surface area contributed by atoms with Crippen LogP contribution in [0.3, 0.4) is 0 Å². The van der Waals surface area contributed by atoms with Crippen molar-refractivity contribution in [1.29, 1.82) is 0 Å². The van der Waals surface area contributed by atoms with E-state index in [4.69, 9.17) is 14.2 Å². The van der Waals surface area contributed by atoms with E-state index >= 15 is 0 Å². The number of carboxylic acid groups (broad SMARTS) is 4. The minimum atomic E-state index is -1.44. The van der Waals surface area contributed by atoms with E-state index in [9.17, 15) is 44.4 Å². The molecule has 0 fully saturated rings. The van der Waals surface area contributed by atoms with Crippen molar-refractivity contribution < 1.29 is 58.6 Å². The van der Waals surface area contributed by atoms with E-state index in [1.807, 2.05) is 32.0 Å². The molecule has 0 saturated carbocycles. The van der Waals surface area contributed by atoms with Gasteiger partial charge >= 0.3 is 29.8 Å². The summed E-state index contributed by atoms with van der Waals surface area (Å²) in [5.74, 6) is -5.20. The standard InChI is InChI=1S/C40H30O12/c1-19-15-33(50-23-9-11-25(35(41)42)28(17-23)37(45)46)21(3)13-31(19)40(30-8-6-5-7-27(30)39(49)52-40)32-14-22(4)34(16-20(32)2)51-24-10-12-26(36(43)44)29(18-24)38(47)48/h5-18H,1-4H3,(H,41,42)(H,43,44)(H,45,46)(H,47,48). The van der Waals surface area contributed by atoms with E-state index in [0.29, 0.717) is 56.0 Å². The van der Waals surface area contributed by atoms with Gasteiger partial charge in [0, 0.05) is 16.7 Å². The van der Waals surface area contributed by atoms with Gasteiger partial charge in [-0.2, -0.15) is 0 Å². The summed E-state index contributed by atoms with van der Waals surface area (Å²) in [6, 6.07) is 21.5. The maximum absolute atomic E-state index is 13.5. The monoisotopic (exact) mass is 702 g/mol. The normalized spacial score (nSPS) is 12.8. The van der Waals surface area contributed by atoms with E-state index in [1.54, 1.807) is 44.2 Å². The Balaban J connectivity index is 1.46. The van der Waals surface area contributed by atoms with Crippen LogP contribution >= 0.6 is 0 Å². The Labute approximate surface area is 296 Å². The summed E-state index contributed by atoms with van der Waals surface area (Å²) in [7, 11) is 0. The summed E-state index contributed by atoms with van der Waals surface area (Å²) < 4.78 is 18.5. The molecular formula is C40H30O12. The van der Waals surface area contributed by atoms with E-state index in [2.05, 4.69) is 0 Å². The number of rotatable bonds is 10. The van der Waals surface area contributed by atoms with E-state index in [1.165, 1.54) is 12.1 Å². The number of fused-ring (bicyclic) bond motifs is 1. The third kappa shape index (κ3) is 5.96. The quantitative estimate of drug-likeness (QED) is 0.103. The molecule has 0 unspecified atom stereocenters. The maximum Gasteiger partial charge on any atom is 0.340 e. The summed E-state index contributed by atoms with van der Waals surface area (Å²) in [6.45, 7) is 7.17. The molecule has 5 aromatic rings. The number of hydrogen-bond donors (Lipinski definition) is 4. The first-order valence-corrected chi connectivity index (χ1v) is 15.8. The van der Waals surface area contributed by atoms with Crippen LogP contribution in [0.25, 0.3) is 0 Å². The molecule has 1 heterocycles. The average molecular weight is 703 g/mol. The molecule has 6 rings (SSSR count). The zero-order valence-corrected chi connectivity index (χ0v) is 28.1. The Kier molecular flexibility index (Phi) is 8.77. The van der Waals surface area contributed by atoms with Gasteiger partial charge in [-0.25, -0.2) is 24.0 Å². The number of esters is 1. The second-order valence-corrected chi connectivity index (χ2v) is 12.3. The third-order valence-electron chi connectivity index (χ3n) is 8.93. The molecule has 0 atom stereocenters. The molecule has 0 amide bonds. The van der Waals surface area contributed by atoms with Crippen LogP contribution in [0.15, 0.2) is 84.9 Å². The number of carbonyl (C=O) groups is 5. The molecule has 0 radical (unpaired) electrons. The van der Waals surface area contributed by atoms with Crippen LogP contribution in [0.5, 0.6) is 23.0 Å². The topological polar surface area (TPSA) is 194 Å². The van der Waals surface area contributed by atoms with Gasteiger partial charge in [0.1, 0.15) is 23.0 Å². The van der Waals surface area contributed by atoms with Crippen LogP contribution in [0.2, 0.25) is 0 Å². The SMILES string of the molecule is Cc1cc(C2(c3cc(C)c(Oc4ccc(C(=O)O)c(C(=O)O)c4)cc3C)OC(=O)c3ccccc32)c(C)cc1Oc1ccc(C(=O)O)c(C(=O)O)c1. The van der Waals surface area contributed by atoms with Gasteiger partial charge in [-0.15, -0.1) is 0 Å². The number of carbonyl (C=O) groups excluding carboxylic acids is 1.